The van der Waals surface area contributed by atoms with E-state index in [1.54, 1.807) is 0 Å². The van der Waals surface area contributed by atoms with Gasteiger partial charge in [-0.3, -0.25) is 0 Å². The van der Waals surface area contributed by atoms with Crippen molar-refractivity contribution < 1.29 is 8.78 Å². The minimum atomic E-state index is -2.46. The maximum Gasteiger partial charge on any atom is 0.245 e. The molecule has 0 N–H and O–H groups in total. The maximum atomic E-state index is 12.5. The summed E-state index contributed by atoms with van der Waals surface area (Å²) < 4.78 is 25.1. The van der Waals surface area contributed by atoms with Gasteiger partial charge >= 0.3 is 0 Å². The monoisotopic (exact) mass is 262 g/mol. The quantitative estimate of drug-likeness (QED) is 0.323. The second kappa shape index (κ2) is 11.9. The topological polar surface area (TPSA) is 0 Å². The fourth-order valence-corrected chi connectivity index (χ4v) is 2.28. The lowest BCUT2D eigenvalue weighted by molar-refractivity contribution is 0.0103. The van der Waals surface area contributed by atoms with Crippen LogP contribution >= 0.6 is 0 Å². The summed E-state index contributed by atoms with van der Waals surface area (Å²) in [6.07, 6.45) is 14.9. The third-order valence-corrected chi connectivity index (χ3v) is 3.47. The van der Waals surface area contributed by atoms with E-state index in [1.807, 2.05) is 0 Å². The van der Waals surface area contributed by atoms with Gasteiger partial charge in [0.05, 0.1) is 0 Å². The number of rotatable bonds is 13. The molecule has 2 heteroatoms. The van der Waals surface area contributed by atoms with Gasteiger partial charge in [-0.15, -0.1) is 0 Å². The Morgan fingerprint density at radius 2 is 0.944 bits per heavy atom. The SMILES string of the molecule is CCCCCCCCCCCCCCC(C)(F)F. The fourth-order valence-electron chi connectivity index (χ4n) is 2.28. The molecule has 0 unspecified atom stereocenters. The van der Waals surface area contributed by atoms with Crippen molar-refractivity contribution in [3.63, 3.8) is 0 Å². The molecule has 0 aliphatic rings. The first-order valence-corrected chi connectivity index (χ1v) is 7.94. The minimum absolute atomic E-state index is 0.0599. The van der Waals surface area contributed by atoms with E-state index in [0.717, 1.165) is 19.8 Å². The van der Waals surface area contributed by atoms with Gasteiger partial charge in [-0.1, -0.05) is 77.6 Å². The summed E-state index contributed by atoms with van der Waals surface area (Å²) in [5.41, 5.74) is 0. The molecule has 0 radical (unpaired) electrons. The predicted octanol–water partition coefficient (Wildman–Crippen LogP) is 6.73. The standard InChI is InChI=1S/C16H32F2/c1-3-4-5-6-7-8-9-10-11-12-13-14-15-16(2,17)18/h3-15H2,1-2H3. The Bertz CT molecular complexity index is 161. The smallest absolute Gasteiger partial charge is 0.207 e. The van der Waals surface area contributed by atoms with Crippen molar-refractivity contribution in [1.29, 1.82) is 0 Å². The zero-order chi connectivity index (χ0) is 13.7. The lowest BCUT2D eigenvalue weighted by Gasteiger charge is -2.09. The van der Waals surface area contributed by atoms with Gasteiger partial charge in [-0.05, 0) is 13.3 Å². The van der Waals surface area contributed by atoms with Crippen molar-refractivity contribution in [2.24, 2.45) is 0 Å². The Morgan fingerprint density at radius 1 is 0.611 bits per heavy atom. The van der Waals surface area contributed by atoms with Gasteiger partial charge in [0.1, 0.15) is 0 Å². The summed E-state index contributed by atoms with van der Waals surface area (Å²) in [4.78, 5) is 0. The van der Waals surface area contributed by atoms with Crippen LogP contribution in [0.4, 0.5) is 8.78 Å². The second-order valence-corrected chi connectivity index (χ2v) is 5.71. The third kappa shape index (κ3) is 15.9. The molecule has 0 spiro atoms. The molecule has 0 aromatic rings. The fraction of sp³-hybridized carbons (Fsp3) is 1.00. The van der Waals surface area contributed by atoms with Crippen molar-refractivity contribution in [3.05, 3.63) is 0 Å². The molecule has 0 rings (SSSR count). The molecule has 0 aliphatic carbocycles. The van der Waals surface area contributed by atoms with Crippen LogP contribution in [0, 0.1) is 0 Å². The molecular formula is C16H32F2. The van der Waals surface area contributed by atoms with Gasteiger partial charge in [0, 0.05) is 6.42 Å². The number of hydrogen-bond acceptors (Lipinski definition) is 0. The summed E-state index contributed by atoms with van der Waals surface area (Å²) in [6, 6.07) is 0. The van der Waals surface area contributed by atoms with E-state index in [4.69, 9.17) is 0 Å². The van der Waals surface area contributed by atoms with Crippen LogP contribution < -0.4 is 0 Å². The Morgan fingerprint density at radius 3 is 1.28 bits per heavy atom. The summed E-state index contributed by atoms with van der Waals surface area (Å²) in [6.45, 7) is 3.26. The molecule has 0 aromatic heterocycles. The van der Waals surface area contributed by atoms with Crippen LogP contribution in [0.15, 0.2) is 0 Å². The average molecular weight is 262 g/mol. The van der Waals surface area contributed by atoms with Crippen LogP contribution in [0.2, 0.25) is 0 Å². The molecular weight excluding hydrogens is 230 g/mol. The molecule has 0 nitrogen and oxygen atoms in total. The van der Waals surface area contributed by atoms with Gasteiger partial charge in [0.25, 0.3) is 0 Å². The molecule has 0 aromatic carbocycles. The minimum Gasteiger partial charge on any atom is -0.207 e. The van der Waals surface area contributed by atoms with Crippen LogP contribution in [-0.2, 0) is 0 Å². The van der Waals surface area contributed by atoms with Crippen molar-refractivity contribution in [2.45, 2.75) is 103 Å². The average Bonchev–Trinajstić information content (AvgIpc) is 2.29. The maximum absolute atomic E-state index is 12.5. The molecule has 0 saturated carbocycles. The molecule has 18 heavy (non-hydrogen) atoms. The van der Waals surface area contributed by atoms with Crippen molar-refractivity contribution >= 4 is 0 Å². The van der Waals surface area contributed by atoms with Gasteiger partial charge in [0.2, 0.25) is 5.92 Å². The highest BCUT2D eigenvalue weighted by Gasteiger charge is 2.19. The highest BCUT2D eigenvalue weighted by atomic mass is 19.3. The highest BCUT2D eigenvalue weighted by Crippen LogP contribution is 2.21. The van der Waals surface area contributed by atoms with E-state index >= 15 is 0 Å². The van der Waals surface area contributed by atoms with E-state index in [-0.39, 0.29) is 6.42 Å². The number of alkyl halides is 2. The van der Waals surface area contributed by atoms with E-state index in [0.29, 0.717) is 6.42 Å². The van der Waals surface area contributed by atoms with Gasteiger partial charge in [-0.2, -0.15) is 0 Å². The lowest BCUT2D eigenvalue weighted by Crippen LogP contribution is -2.08. The van der Waals surface area contributed by atoms with Crippen molar-refractivity contribution in [3.8, 4) is 0 Å². The predicted molar refractivity (Wildman–Crippen MR) is 76.3 cm³/mol. The zero-order valence-electron chi connectivity index (χ0n) is 12.4. The molecule has 0 atom stereocenters. The first-order valence-electron chi connectivity index (χ1n) is 7.94. The molecule has 0 bridgehead atoms. The van der Waals surface area contributed by atoms with Gasteiger partial charge in [-0.25, -0.2) is 8.78 Å². The summed E-state index contributed by atoms with van der Waals surface area (Å²) in [7, 11) is 0. The Hall–Kier alpha value is -0.140. The summed E-state index contributed by atoms with van der Waals surface area (Å²) in [5.74, 6) is -2.46. The van der Waals surface area contributed by atoms with Crippen LogP contribution in [-0.4, -0.2) is 5.92 Å². The molecule has 0 amide bonds. The van der Waals surface area contributed by atoms with Crippen LogP contribution in [0.1, 0.15) is 97.3 Å². The zero-order valence-corrected chi connectivity index (χ0v) is 12.4. The van der Waals surface area contributed by atoms with E-state index < -0.39 is 5.92 Å². The van der Waals surface area contributed by atoms with Crippen LogP contribution in [0.5, 0.6) is 0 Å². The normalized spacial score (nSPS) is 12.0. The molecule has 0 aliphatic heterocycles. The number of halogens is 2. The van der Waals surface area contributed by atoms with Gasteiger partial charge in [0.15, 0.2) is 0 Å². The largest absolute Gasteiger partial charge is 0.245 e. The first-order chi connectivity index (χ1) is 8.56. The van der Waals surface area contributed by atoms with Crippen molar-refractivity contribution in [2.75, 3.05) is 0 Å². The second-order valence-electron chi connectivity index (χ2n) is 5.71. The molecule has 0 fully saturated rings. The number of unbranched alkanes of at least 4 members (excludes halogenated alkanes) is 11. The highest BCUT2D eigenvalue weighted by molar-refractivity contribution is 4.58. The van der Waals surface area contributed by atoms with Crippen LogP contribution in [0.3, 0.4) is 0 Å². The molecule has 0 heterocycles. The van der Waals surface area contributed by atoms with Gasteiger partial charge < -0.3 is 0 Å². The third-order valence-electron chi connectivity index (χ3n) is 3.47. The van der Waals surface area contributed by atoms with E-state index in [2.05, 4.69) is 6.92 Å². The van der Waals surface area contributed by atoms with Crippen LogP contribution in [0.25, 0.3) is 0 Å². The Balaban J connectivity index is 2.99. The Labute approximate surface area is 113 Å². The molecule has 0 saturated heterocycles. The lowest BCUT2D eigenvalue weighted by atomic mass is 10.0. The van der Waals surface area contributed by atoms with E-state index in [9.17, 15) is 8.78 Å². The summed E-state index contributed by atoms with van der Waals surface area (Å²) >= 11 is 0. The summed E-state index contributed by atoms with van der Waals surface area (Å²) in [5, 5.41) is 0. The first kappa shape index (κ1) is 17.9. The van der Waals surface area contributed by atoms with Crippen molar-refractivity contribution in [1.82, 2.24) is 0 Å². The number of hydrogen-bond donors (Lipinski definition) is 0. The molecule has 110 valence electrons. The Kier molecular flexibility index (Phi) is 11.8. The van der Waals surface area contributed by atoms with E-state index in [1.165, 1.54) is 57.8 Å².